The van der Waals surface area contributed by atoms with Crippen LogP contribution in [-0.2, 0) is 9.59 Å². The van der Waals surface area contributed by atoms with E-state index in [4.69, 9.17) is 4.74 Å². The first kappa shape index (κ1) is 22.8. The molecule has 2 aromatic carbocycles. The van der Waals surface area contributed by atoms with Crippen LogP contribution in [0.1, 0.15) is 30.1 Å². The number of carbonyl (C=O) groups is 3. The van der Waals surface area contributed by atoms with E-state index in [9.17, 15) is 14.4 Å². The Bertz CT molecular complexity index is 933. The van der Waals surface area contributed by atoms with E-state index in [0.717, 1.165) is 17.3 Å². The van der Waals surface area contributed by atoms with Crippen molar-refractivity contribution in [3.63, 3.8) is 0 Å². The van der Waals surface area contributed by atoms with Crippen molar-refractivity contribution < 1.29 is 19.1 Å². The van der Waals surface area contributed by atoms with Gasteiger partial charge in [0.2, 0.25) is 5.91 Å². The fourth-order valence-electron chi connectivity index (χ4n) is 3.51. The van der Waals surface area contributed by atoms with Crippen LogP contribution < -0.4 is 15.4 Å². The van der Waals surface area contributed by atoms with Crippen molar-refractivity contribution in [1.82, 2.24) is 10.2 Å². The summed E-state index contributed by atoms with van der Waals surface area (Å²) in [6.45, 7) is 3.20. The number of nitrogens with zero attached hydrogens (tertiary/aromatic N) is 1. The number of carbonyl (C=O) groups excluding carboxylic acids is 3. The average molecular weight is 488 g/mol. The highest BCUT2D eigenvalue weighted by molar-refractivity contribution is 9.10. The first-order chi connectivity index (χ1) is 15.0. The summed E-state index contributed by atoms with van der Waals surface area (Å²) in [5, 5.41) is 5.59. The van der Waals surface area contributed by atoms with E-state index in [1.807, 2.05) is 19.1 Å². The van der Waals surface area contributed by atoms with Crippen molar-refractivity contribution in [3.05, 3.63) is 58.6 Å². The van der Waals surface area contributed by atoms with Crippen LogP contribution in [0, 0.1) is 5.92 Å². The van der Waals surface area contributed by atoms with Gasteiger partial charge in [-0.05, 0) is 56.2 Å². The van der Waals surface area contributed by atoms with Crippen LogP contribution in [0.4, 0.5) is 5.69 Å². The summed E-state index contributed by atoms with van der Waals surface area (Å²) in [4.78, 5) is 39.3. The second kappa shape index (κ2) is 10.9. The number of piperidine rings is 1. The van der Waals surface area contributed by atoms with Gasteiger partial charge in [0.1, 0.15) is 5.75 Å². The highest BCUT2D eigenvalue weighted by Gasteiger charge is 2.29. The maximum atomic E-state index is 13.1. The molecule has 3 rings (SSSR count). The third-order valence-corrected chi connectivity index (χ3v) is 5.56. The second-order valence-corrected chi connectivity index (χ2v) is 8.24. The van der Waals surface area contributed by atoms with Crippen LogP contribution in [0.25, 0.3) is 0 Å². The first-order valence-electron chi connectivity index (χ1n) is 10.3. The maximum Gasteiger partial charge on any atom is 0.262 e. The first-order valence-corrected chi connectivity index (χ1v) is 11.1. The van der Waals surface area contributed by atoms with Gasteiger partial charge in [0, 0.05) is 29.8 Å². The van der Waals surface area contributed by atoms with E-state index < -0.39 is 0 Å². The highest BCUT2D eigenvalue weighted by Crippen LogP contribution is 2.24. The molecule has 1 aliphatic rings. The van der Waals surface area contributed by atoms with Gasteiger partial charge in [-0.2, -0.15) is 0 Å². The fourth-order valence-corrected chi connectivity index (χ4v) is 3.77. The summed E-state index contributed by atoms with van der Waals surface area (Å²) in [5.41, 5.74) is 1.04. The van der Waals surface area contributed by atoms with Crippen LogP contribution in [-0.4, -0.2) is 48.9 Å². The monoisotopic (exact) mass is 487 g/mol. The van der Waals surface area contributed by atoms with Gasteiger partial charge in [-0.25, -0.2) is 0 Å². The number of benzene rings is 2. The molecule has 1 unspecified atom stereocenters. The summed E-state index contributed by atoms with van der Waals surface area (Å²) in [6.07, 6.45) is 1.54. The number of para-hydroxylation sites is 1. The van der Waals surface area contributed by atoms with Crippen LogP contribution in [0.15, 0.2) is 53.0 Å². The number of ether oxygens (including phenoxy) is 1. The van der Waals surface area contributed by atoms with Crippen molar-refractivity contribution in [2.45, 2.75) is 19.8 Å². The van der Waals surface area contributed by atoms with Crippen LogP contribution in [0.3, 0.4) is 0 Å². The molecule has 1 atom stereocenters. The quantitative estimate of drug-likeness (QED) is 0.625. The fraction of sp³-hybridized carbons (Fsp3) is 0.348. The lowest BCUT2D eigenvalue weighted by Gasteiger charge is -2.32. The number of nitrogens with one attached hydrogen (secondary N) is 2. The molecular weight excluding hydrogens is 462 g/mol. The summed E-state index contributed by atoms with van der Waals surface area (Å²) in [6, 6.07) is 14.1. The molecule has 1 saturated heterocycles. The standard InChI is InChI=1S/C23H26BrN3O4/c1-2-25-22(29)16-6-5-13-27(14-16)23(30)19-7-3-4-8-20(19)31-15-21(28)26-18-11-9-17(24)10-12-18/h3-4,7-12,16H,2,5-6,13-15H2,1H3,(H,25,29)(H,26,28). The topological polar surface area (TPSA) is 87.7 Å². The number of amides is 3. The summed E-state index contributed by atoms with van der Waals surface area (Å²) >= 11 is 3.35. The van der Waals surface area contributed by atoms with Gasteiger partial charge in [0.15, 0.2) is 6.61 Å². The zero-order chi connectivity index (χ0) is 22.2. The zero-order valence-electron chi connectivity index (χ0n) is 17.4. The number of hydrogen-bond donors (Lipinski definition) is 2. The molecule has 0 aliphatic carbocycles. The normalized spacial score (nSPS) is 15.8. The van der Waals surface area contributed by atoms with E-state index >= 15 is 0 Å². The SMILES string of the molecule is CCNC(=O)C1CCCN(C(=O)c2ccccc2OCC(=O)Nc2ccc(Br)cc2)C1. The Labute approximate surface area is 190 Å². The van der Waals surface area contributed by atoms with Gasteiger partial charge in [-0.1, -0.05) is 28.1 Å². The van der Waals surface area contributed by atoms with Crippen molar-refractivity contribution in [1.29, 1.82) is 0 Å². The Hall–Kier alpha value is -2.87. The van der Waals surface area contributed by atoms with Crippen molar-refractivity contribution in [2.75, 3.05) is 31.6 Å². The third kappa shape index (κ3) is 6.30. The Morgan fingerprint density at radius 1 is 1.13 bits per heavy atom. The number of rotatable bonds is 7. The van der Waals surface area contributed by atoms with Crippen LogP contribution >= 0.6 is 15.9 Å². The molecular formula is C23H26BrN3O4. The van der Waals surface area contributed by atoms with E-state index in [-0.39, 0.29) is 30.2 Å². The molecule has 0 bridgehead atoms. The van der Waals surface area contributed by atoms with E-state index in [1.54, 1.807) is 41.3 Å². The number of anilines is 1. The van der Waals surface area contributed by atoms with Crippen molar-refractivity contribution in [2.24, 2.45) is 5.92 Å². The lowest BCUT2D eigenvalue weighted by molar-refractivity contribution is -0.126. The lowest BCUT2D eigenvalue weighted by Crippen LogP contribution is -2.45. The third-order valence-electron chi connectivity index (χ3n) is 5.03. The molecule has 2 aromatic rings. The van der Waals surface area contributed by atoms with Gasteiger partial charge in [-0.15, -0.1) is 0 Å². The Kier molecular flexibility index (Phi) is 8.06. The smallest absolute Gasteiger partial charge is 0.262 e. The minimum Gasteiger partial charge on any atom is -0.483 e. The average Bonchev–Trinajstić information content (AvgIpc) is 2.79. The predicted octanol–water partition coefficient (Wildman–Crippen LogP) is 3.45. The van der Waals surface area contributed by atoms with E-state index in [0.29, 0.717) is 36.6 Å². The maximum absolute atomic E-state index is 13.1. The number of hydrogen-bond acceptors (Lipinski definition) is 4. The van der Waals surface area contributed by atoms with Crippen molar-refractivity contribution >= 4 is 39.3 Å². The van der Waals surface area contributed by atoms with Gasteiger partial charge >= 0.3 is 0 Å². The molecule has 0 saturated carbocycles. The van der Waals surface area contributed by atoms with E-state index in [1.165, 1.54) is 0 Å². The van der Waals surface area contributed by atoms with Crippen LogP contribution in [0.2, 0.25) is 0 Å². The molecule has 164 valence electrons. The summed E-state index contributed by atoms with van der Waals surface area (Å²) in [5.74, 6) is -0.396. The molecule has 31 heavy (non-hydrogen) atoms. The van der Waals surface area contributed by atoms with Gasteiger partial charge in [-0.3, -0.25) is 14.4 Å². The van der Waals surface area contributed by atoms with Gasteiger partial charge in [0.25, 0.3) is 11.8 Å². The molecule has 0 aromatic heterocycles. The Morgan fingerprint density at radius 3 is 2.61 bits per heavy atom. The summed E-state index contributed by atoms with van der Waals surface area (Å²) in [7, 11) is 0. The molecule has 1 aliphatic heterocycles. The zero-order valence-corrected chi connectivity index (χ0v) is 19.0. The molecule has 1 heterocycles. The van der Waals surface area contributed by atoms with E-state index in [2.05, 4.69) is 26.6 Å². The lowest BCUT2D eigenvalue weighted by atomic mass is 9.96. The molecule has 8 heteroatoms. The van der Waals surface area contributed by atoms with Crippen molar-refractivity contribution in [3.8, 4) is 5.75 Å². The van der Waals surface area contributed by atoms with Gasteiger partial charge in [0.05, 0.1) is 11.5 Å². The number of halogens is 1. The molecule has 0 spiro atoms. The molecule has 0 radical (unpaired) electrons. The largest absolute Gasteiger partial charge is 0.483 e. The minimum absolute atomic E-state index is 0.0193. The van der Waals surface area contributed by atoms with Crippen LogP contribution in [0.5, 0.6) is 5.75 Å². The molecule has 7 nitrogen and oxygen atoms in total. The number of likely N-dealkylation sites (tertiary alicyclic amines) is 1. The Balaban J connectivity index is 1.62. The van der Waals surface area contributed by atoms with Gasteiger partial charge < -0.3 is 20.3 Å². The predicted molar refractivity (Wildman–Crippen MR) is 122 cm³/mol. The minimum atomic E-state index is -0.321. The summed E-state index contributed by atoms with van der Waals surface area (Å²) < 4.78 is 6.59. The second-order valence-electron chi connectivity index (χ2n) is 7.32. The Morgan fingerprint density at radius 2 is 1.87 bits per heavy atom. The molecule has 2 N–H and O–H groups in total. The highest BCUT2D eigenvalue weighted by atomic mass is 79.9. The molecule has 3 amide bonds. The molecule has 1 fully saturated rings.